The van der Waals surface area contributed by atoms with Gasteiger partial charge in [0.25, 0.3) is 5.91 Å². The standard InChI is InChI=1S/C21H27N3O3/c1-15-9-16(2)13-24(12-15)20(25)14-27-21(26)18(11-22)10-17-5-7-19(8-6-17)23(3)4/h5-8,10,15-16H,9,12-14H2,1-4H3/b18-10-/t15-,16+. The summed E-state index contributed by atoms with van der Waals surface area (Å²) in [6.07, 6.45) is 2.56. The number of carbonyl (C=O) groups is 2. The third-order valence-corrected chi connectivity index (χ3v) is 4.61. The van der Waals surface area contributed by atoms with Crippen molar-refractivity contribution < 1.29 is 14.3 Å². The van der Waals surface area contributed by atoms with Gasteiger partial charge in [0.15, 0.2) is 6.61 Å². The van der Waals surface area contributed by atoms with E-state index in [0.29, 0.717) is 24.9 Å². The van der Waals surface area contributed by atoms with E-state index in [-0.39, 0.29) is 18.1 Å². The van der Waals surface area contributed by atoms with Crippen molar-refractivity contribution in [3.63, 3.8) is 0 Å². The molecule has 0 spiro atoms. The van der Waals surface area contributed by atoms with Gasteiger partial charge in [-0.2, -0.15) is 5.26 Å². The van der Waals surface area contributed by atoms with E-state index in [1.807, 2.05) is 49.3 Å². The highest BCUT2D eigenvalue weighted by Gasteiger charge is 2.26. The molecule has 6 nitrogen and oxygen atoms in total. The van der Waals surface area contributed by atoms with Crippen molar-refractivity contribution in [2.75, 3.05) is 38.7 Å². The van der Waals surface area contributed by atoms with Crippen LogP contribution in [0, 0.1) is 23.2 Å². The maximum absolute atomic E-state index is 12.3. The number of rotatable bonds is 5. The summed E-state index contributed by atoms with van der Waals surface area (Å²) in [5.41, 5.74) is 1.61. The molecule has 144 valence electrons. The summed E-state index contributed by atoms with van der Waals surface area (Å²) in [5, 5.41) is 9.26. The summed E-state index contributed by atoms with van der Waals surface area (Å²) in [5.74, 6) is -0.115. The van der Waals surface area contributed by atoms with Gasteiger partial charge in [0, 0.05) is 32.9 Å². The molecule has 6 heteroatoms. The second kappa shape index (κ2) is 9.22. The molecule has 1 saturated heterocycles. The van der Waals surface area contributed by atoms with E-state index >= 15 is 0 Å². The van der Waals surface area contributed by atoms with E-state index in [1.165, 1.54) is 6.08 Å². The minimum Gasteiger partial charge on any atom is -0.451 e. The predicted molar refractivity (Wildman–Crippen MR) is 105 cm³/mol. The minimum atomic E-state index is -0.777. The third-order valence-electron chi connectivity index (χ3n) is 4.61. The average molecular weight is 369 g/mol. The van der Waals surface area contributed by atoms with Gasteiger partial charge in [0.2, 0.25) is 0 Å². The van der Waals surface area contributed by atoms with Crippen LogP contribution in [-0.2, 0) is 14.3 Å². The largest absolute Gasteiger partial charge is 0.451 e. The molecule has 0 aromatic heterocycles. The van der Waals surface area contributed by atoms with Crippen LogP contribution in [0.25, 0.3) is 6.08 Å². The number of anilines is 1. The van der Waals surface area contributed by atoms with E-state index in [1.54, 1.807) is 4.90 Å². The summed E-state index contributed by atoms with van der Waals surface area (Å²) in [6.45, 7) is 5.25. The monoisotopic (exact) mass is 369 g/mol. The maximum atomic E-state index is 12.3. The zero-order valence-corrected chi connectivity index (χ0v) is 16.4. The summed E-state index contributed by atoms with van der Waals surface area (Å²) < 4.78 is 5.09. The van der Waals surface area contributed by atoms with Crippen molar-refractivity contribution >= 4 is 23.6 Å². The Morgan fingerprint density at radius 2 is 1.81 bits per heavy atom. The third kappa shape index (κ3) is 5.85. The minimum absolute atomic E-state index is 0.124. The number of nitriles is 1. The quantitative estimate of drug-likeness (QED) is 0.453. The van der Waals surface area contributed by atoms with Crippen molar-refractivity contribution in [3.05, 3.63) is 35.4 Å². The molecule has 0 aliphatic carbocycles. The van der Waals surface area contributed by atoms with Crippen LogP contribution in [-0.4, -0.2) is 50.6 Å². The zero-order valence-electron chi connectivity index (χ0n) is 16.4. The van der Waals surface area contributed by atoms with Crippen LogP contribution in [0.1, 0.15) is 25.8 Å². The first-order valence-electron chi connectivity index (χ1n) is 9.14. The Balaban J connectivity index is 1.96. The molecule has 1 aliphatic rings. The van der Waals surface area contributed by atoms with Crippen LogP contribution in [0.15, 0.2) is 29.8 Å². The summed E-state index contributed by atoms with van der Waals surface area (Å²) in [4.78, 5) is 28.2. The Hall–Kier alpha value is -2.81. The number of nitrogens with zero attached hydrogens (tertiary/aromatic N) is 3. The highest BCUT2D eigenvalue weighted by molar-refractivity contribution is 5.98. The van der Waals surface area contributed by atoms with Gasteiger partial charge in [-0.3, -0.25) is 4.79 Å². The Kier molecular flexibility index (Phi) is 7.00. The van der Waals surface area contributed by atoms with Crippen molar-refractivity contribution in [1.29, 1.82) is 5.26 Å². The number of hydrogen-bond donors (Lipinski definition) is 0. The summed E-state index contributed by atoms with van der Waals surface area (Å²) >= 11 is 0. The molecule has 1 aromatic rings. The number of piperidine rings is 1. The molecule has 1 amide bonds. The van der Waals surface area contributed by atoms with Crippen LogP contribution in [0.2, 0.25) is 0 Å². The van der Waals surface area contributed by atoms with E-state index in [0.717, 1.165) is 17.7 Å². The lowest BCUT2D eigenvalue weighted by Gasteiger charge is -2.34. The number of amides is 1. The molecule has 0 N–H and O–H groups in total. The topological polar surface area (TPSA) is 73.6 Å². The molecular weight excluding hydrogens is 342 g/mol. The number of hydrogen-bond acceptors (Lipinski definition) is 5. The van der Waals surface area contributed by atoms with Gasteiger partial charge in [0.1, 0.15) is 11.6 Å². The molecule has 27 heavy (non-hydrogen) atoms. The number of likely N-dealkylation sites (tertiary alicyclic amines) is 1. The van der Waals surface area contributed by atoms with Crippen LogP contribution in [0.4, 0.5) is 5.69 Å². The predicted octanol–water partition coefficient (Wildman–Crippen LogP) is 2.71. The lowest BCUT2D eigenvalue weighted by atomic mass is 9.92. The highest BCUT2D eigenvalue weighted by Crippen LogP contribution is 2.21. The fourth-order valence-corrected chi connectivity index (χ4v) is 3.34. The lowest BCUT2D eigenvalue weighted by molar-refractivity contribution is -0.149. The van der Waals surface area contributed by atoms with Crippen LogP contribution >= 0.6 is 0 Å². The highest BCUT2D eigenvalue weighted by atomic mass is 16.5. The number of esters is 1. The second-order valence-electron chi connectivity index (χ2n) is 7.48. The molecule has 2 atom stereocenters. The molecule has 1 aliphatic heterocycles. The van der Waals surface area contributed by atoms with Crippen molar-refractivity contribution in [1.82, 2.24) is 4.90 Å². The Morgan fingerprint density at radius 3 is 2.33 bits per heavy atom. The number of ether oxygens (including phenoxy) is 1. The molecule has 2 rings (SSSR count). The Labute approximate surface area is 161 Å². The van der Waals surface area contributed by atoms with Gasteiger partial charge < -0.3 is 14.5 Å². The Morgan fingerprint density at radius 1 is 1.22 bits per heavy atom. The van der Waals surface area contributed by atoms with E-state index in [4.69, 9.17) is 4.74 Å². The average Bonchev–Trinajstić information content (AvgIpc) is 2.63. The molecule has 0 bridgehead atoms. The molecule has 0 unspecified atom stereocenters. The van der Waals surface area contributed by atoms with Gasteiger partial charge in [-0.25, -0.2) is 4.79 Å². The zero-order chi connectivity index (χ0) is 20.0. The molecule has 1 fully saturated rings. The van der Waals surface area contributed by atoms with E-state index in [2.05, 4.69) is 13.8 Å². The van der Waals surface area contributed by atoms with E-state index in [9.17, 15) is 14.9 Å². The van der Waals surface area contributed by atoms with Crippen molar-refractivity contribution in [2.45, 2.75) is 20.3 Å². The van der Waals surface area contributed by atoms with Gasteiger partial charge in [-0.1, -0.05) is 26.0 Å². The first-order chi connectivity index (χ1) is 12.8. The Bertz CT molecular complexity index is 737. The fourth-order valence-electron chi connectivity index (χ4n) is 3.34. The van der Waals surface area contributed by atoms with Gasteiger partial charge >= 0.3 is 5.97 Å². The molecule has 0 saturated carbocycles. The van der Waals surface area contributed by atoms with Crippen LogP contribution in [0.3, 0.4) is 0 Å². The lowest BCUT2D eigenvalue weighted by Crippen LogP contribution is -2.44. The number of carbonyl (C=O) groups excluding carboxylic acids is 2. The van der Waals surface area contributed by atoms with Crippen molar-refractivity contribution in [2.24, 2.45) is 11.8 Å². The molecule has 1 aromatic carbocycles. The summed E-state index contributed by atoms with van der Waals surface area (Å²) in [7, 11) is 3.87. The first-order valence-corrected chi connectivity index (χ1v) is 9.14. The smallest absolute Gasteiger partial charge is 0.349 e. The normalized spacial score (nSPS) is 20.0. The van der Waals surface area contributed by atoms with E-state index < -0.39 is 5.97 Å². The van der Waals surface area contributed by atoms with Crippen molar-refractivity contribution in [3.8, 4) is 6.07 Å². The number of benzene rings is 1. The van der Waals surface area contributed by atoms with Crippen LogP contribution < -0.4 is 4.90 Å². The van der Waals surface area contributed by atoms with Crippen LogP contribution in [0.5, 0.6) is 0 Å². The molecule has 0 radical (unpaired) electrons. The van der Waals surface area contributed by atoms with Gasteiger partial charge in [-0.05, 0) is 42.0 Å². The molecule has 1 heterocycles. The SMILES string of the molecule is C[C@@H]1C[C@H](C)CN(C(=O)COC(=O)/C(C#N)=C\c2ccc(N(C)C)cc2)C1. The molecular formula is C21H27N3O3. The fraction of sp³-hybridized carbons (Fsp3) is 0.476. The first kappa shape index (κ1) is 20.5. The second-order valence-corrected chi connectivity index (χ2v) is 7.48. The summed E-state index contributed by atoms with van der Waals surface area (Å²) in [6, 6.07) is 9.29. The van der Waals surface area contributed by atoms with Gasteiger partial charge in [0.05, 0.1) is 0 Å². The maximum Gasteiger partial charge on any atom is 0.349 e. The van der Waals surface area contributed by atoms with Gasteiger partial charge in [-0.15, -0.1) is 0 Å².